The quantitative estimate of drug-likeness (QED) is 0.159. The standard InChI is InChI=1S/C39H37NO/c1-2-3-4-5-6-11-25-41-31-22-20-30(21-23-31)40-38-18-10-9-15-35(38)37-27-29(19-24-39(37)40)33-16-12-17-34-32-14-8-7-13-28(32)26-36(33)34/h7-10,12-24,27H,2-6,11,25-26H2,1H3. The maximum atomic E-state index is 6.08. The van der Waals surface area contributed by atoms with Crippen molar-refractivity contribution in [2.45, 2.75) is 51.9 Å². The third-order valence-corrected chi connectivity index (χ3v) is 8.70. The lowest BCUT2D eigenvalue weighted by molar-refractivity contribution is 0.304. The number of unbranched alkanes of at least 4 members (excludes halogenated alkanes) is 5. The Hall–Kier alpha value is -4.30. The normalized spacial score (nSPS) is 12.1. The van der Waals surface area contributed by atoms with Gasteiger partial charge in [-0.05, 0) is 88.7 Å². The van der Waals surface area contributed by atoms with Gasteiger partial charge >= 0.3 is 0 Å². The van der Waals surface area contributed by atoms with E-state index in [9.17, 15) is 0 Å². The topological polar surface area (TPSA) is 14.2 Å². The van der Waals surface area contributed by atoms with E-state index in [2.05, 4.69) is 121 Å². The molecule has 0 unspecified atom stereocenters. The smallest absolute Gasteiger partial charge is 0.119 e. The summed E-state index contributed by atoms with van der Waals surface area (Å²) in [7, 11) is 0. The number of para-hydroxylation sites is 1. The zero-order valence-corrected chi connectivity index (χ0v) is 23.9. The van der Waals surface area contributed by atoms with Gasteiger partial charge in [0.15, 0.2) is 0 Å². The summed E-state index contributed by atoms with van der Waals surface area (Å²) in [6.07, 6.45) is 8.65. The Kier molecular flexibility index (Phi) is 7.07. The zero-order chi connectivity index (χ0) is 27.6. The number of ether oxygens (including phenoxy) is 1. The van der Waals surface area contributed by atoms with Crippen LogP contribution in [0.5, 0.6) is 5.75 Å². The number of hydrogen-bond donors (Lipinski definition) is 0. The van der Waals surface area contributed by atoms with Crippen molar-refractivity contribution < 1.29 is 4.74 Å². The molecule has 0 atom stereocenters. The molecule has 1 aliphatic rings. The Labute approximate surface area is 243 Å². The van der Waals surface area contributed by atoms with Crippen molar-refractivity contribution in [3.63, 3.8) is 0 Å². The van der Waals surface area contributed by atoms with Crippen LogP contribution in [0.2, 0.25) is 0 Å². The summed E-state index contributed by atoms with van der Waals surface area (Å²) in [4.78, 5) is 0. The molecule has 1 aliphatic carbocycles. The van der Waals surface area contributed by atoms with Gasteiger partial charge in [-0.1, -0.05) is 106 Å². The van der Waals surface area contributed by atoms with E-state index in [0.29, 0.717) is 0 Å². The van der Waals surface area contributed by atoms with Crippen molar-refractivity contribution in [2.75, 3.05) is 6.61 Å². The van der Waals surface area contributed by atoms with Gasteiger partial charge in [-0.15, -0.1) is 0 Å². The second-order valence-electron chi connectivity index (χ2n) is 11.4. The van der Waals surface area contributed by atoms with Crippen molar-refractivity contribution >= 4 is 21.8 Å². The van der Waals surface area contributed by atoms with Crippen molar-refractivity contribution in [2.24, 2.45) is 0 Å². The first-order valence-electron chi connectivity index (χ1n) is 15.3. The summed E-state index contributed by atoms with van der Waals surface area (Å²) in [6, 6.07) is 40.0. The third-order valence-electron chi connectivity index (χ3n) is 8.70. The fourth-order valence-electron chi connectivity index (χ4n) is 6.61. The summed E-state index contributed by atoms with van der Waals surface area (Å²) < 4.78 is 8.46. The predicted molar refractivity (Wildman–Crippen MR) is 173 cm³/mol. The molecule has 0 spiro atoms. The molecule has 5 aromatic carbocycles. The minimum absolute atomic E-state index is 0.790. The Balaban J connectivity index is 1.19. The molecular weight excluding hydrogens is 498 g/mol. The largest absolute Gasteiger partial charge is 0.494 e. The van der Waals surface area contributed by atoms with Crippen LogP contribution in [0, 0.1) is 0 Å². The van der Waals surface area contributed by atoms with Crippen LogP contribution >= 0.6 is 0 Å². The molecular formula is C39H37NO. The van der Waals surface area contributed by atoms with Gasteiger partial charge in [0, 0.05) is 16.5 Å². The summed E-state index contributed by atoms with van der Waals surface area (Å²) in [5.74, 6) is 0.948. The van der Waals surface area contributed by atoms with E-state index in [1.54, 1.807) is 0 Å². The highest BCUT2D eigenvalue weighted by Gasteiger charge is 2.21. The maximum Gasteiger partial charge on any atom is 0.119 e. The number of nitrogens with zero attached hydrogens (tertiary/aromatic N) is 1. The molecule has 0 bridgehead atoms. The molecule has 0 saturated carbocycles. The van der Waals surface area contributed by atoms with Crippen LogP contribution < -0.4 is 4.74 Å². The first kappa shape index (κ1) is 25.7. The molecule has 6 aromatic rings. The minimum Gasteiger partial charge on any atom is -0.494 e. The second kappa shape index (κ2) is 11.3. The third kappa shape index (κ3) is 4.82. The molecule has 0 amide bonds. The molecule has 0 radical (unpaired) electrons. The number of fused-ring (bicyclic) bond motifs is 6. The van der Waals surface area contributed by atoms with E-state index in [1.165, 1.54) is 87.3 Å². The Bertz CT molecular complexity index is 1830. The van der Waals surface area contributed by atoms with E-state index in [1.807, 2.05) is 0 Å². The van der Waals surface area contributed by atoms with Crippen LogP contribution in [0.4, 0.5) is 0 Å². The summed E-state index contributed by atoms with van der Waals surface area (Å²) in [6.45, 7) is 3.05. The SMILES string of the molecule is CCCCCCCCOc1ccc(-n2c3ccccc3c3cc(-c4cccc5c4Cc4ccccc4-5)ccc32)cc1. The second-order valence-corrected chi connectivity index (χ2v) is 11.4. The lowest BCUT2D eigenvalue weighted by atomic mass is 9.95. The van der Waals surface area contributed by atoms with Gasteiger partial charge in [-0.2, -0.15) is 0 Å². The van der Waals surface area contributed by atoms with E-state index < -0.39 is 0 Å². The summed E-state index contributed by atoms with van der Waals surface area (Å²) in [5.41, 5.74) is 11.8. The van der Waals surface area contributed by atoms with Gasteiger partial charge in [0.1, 0.15) is 5.75 Å². The van der Waals surface area contributed by atoms with Gasteiger partial charge in [-0.25, -0.2) is 0 Å². The van der Waals surface area contributed by atoms with E-state index in [4.69, 9.17) is 4.74 Å². The molecule has 2 nitrogen and oxygen atoms in total. The first-order valence-corrected chi connectivity index (χ1v) is 15.3. The van der Waals surface area contributed by atoms with Crippen LogP contribution in [-0.2, 0) is 6.42 Å². The average molecular weight is 536 g/mol. The van der Waals surface area contributed by atoms with Crippen LogP contribution in [0.3, 0.4) is 0 Å². The van der Waals surface area contributed by atoms with Gasteiger partial charge in [0.05, 0.1) is 17.6 Å². The van der Waals surface area contributed by atoms with E-state index >= 15 is 0 Å². The van der Waals surface area contributed by atoms with Crippen LogP contribution in [-0.4, -0.2) is 11.2 Å². The monoisotopic (exact) mass is 535 g/mol. The zero-order valence-electron chi connectivity index (χ0n) is 23.9. The molecule has 7 rings (SSSR count). The molecule has 204 valence electrons. The Morgan fingerprint density at radius 1 is 0.610 bits per heavy atom. The van der Waals surface area contributed by atoms with Crippen LogP contribution in [0.25, 0.3) is 49.7 Å². The molecule has 41 heavy (non-hydrogen) atoms. The number of benzene rings is 5. The number of hydrogen-bond acceptors (Lipinski definition) is 1. The molecule has 0 saturated heterocycles. The minimum atomic E-state index is 0.790. The van der Waals surface area contributed by atoms with E-state index in [-0.39, 0.29) is 0 Å². The van der Waals surface area contributed by atoms with Crippen molar-refractivity contribution in [3.05, 3.63) is 120 Å². The van der Waals surface area contributed by atoms with Gasteiger partial charge in [-0.3, -0.25) is 0 Å². The first-order chi connectivity index (χ1) is 20.3. The fourth-order valence-corrected chi connectivity index (χ4v) is 6.61. The van der Waals surface area contributed by atoms with Gasteiger partial charge in [0.2, 0.25) is 0 Å². The van der Waals surface area contributed by atoms with E-state index in [0.717, 1.165) is 30.9 Å². The molecule has 0 fully saturated rings. The average Bonchev–Trinajstić information content (AvgIpc) is 3.56. The fraction of sp³-hybridized carbons (Fsp3) is 0.231. The van der Waals surface area contributed by atoms with Crippen molar-refractivity contribution in [3.8, 4) is 33.7 Å². The lowest BCUT2D eigenvalue weighted by Crippen LogP contribution is -1.98. The predicted octanol–water partition coefficient (Wildman–Crippen LogP) is 10.8. The Morgan fingerprint density at radius 2 is 1.34 bits per heavy atom. The number of aromatic nitrogens is 1. The molecule has 2 heteroatoms. The highest BCUT2D eigenvalue weighted by atomic mass is 16.5. The van der Waals surface area contributed by atoms with Crippen LogP contribution in [0.1, 0.15) is 56.6 Å². The number of rotatable bonds is 10. The maximum absolute atomic E-state index is 6.08. The molecule has 1 aromatic heterocycles. The Morgan fingerprint density at radius 3 is 2.24 bits per heavy atom. The van der Waals surface area contributed by atoms with Gasteiger partial charge in [0.25, 0.3) is 0 Å². The van der Waals surface area contributed by atoms with Gasteiger partial charge < -0.3 is 9.30 Å². The lowest BCUT2D eigenvalue weighted by Gasteiger charge is -2.12. The van der Waals surface area contributed by atoms with Crippen molar-refractivity contribution in [1.29, 1.82) is 0 Å². The highest BCUT2D eigenvalue weighted by molar-refractivity contribution is 6.10. The molecule has 0 aliphatic heterocycles. The molecule has 0 N–H and O–H groups in total. The van der Waals surface area contributed by atoms with Crippen molar-refractivity contribution in [1.82, 2.24) is 4.57 Å². The van der Waals surface area contributed by atoms with Crippen LogP contribution in [0.15, 0.2) is 109 Å². The highest BCUT2D eigenvalue weighted by Crippen LogP contribution is 2.43. The summed E-state index contributed by atoms with van der Waals surface area (Å²) in [5, 5.41) is 2.57. The molecule has 1 heterocycles. The summed E-state index contributed by atoms with van der Waals surface area (Å²) >= 11 is 0.